The SMILES string of the molecule is NN1CCC(Cc2ccc(C(F)(F)F)cc2C(F)(F)F)CC1. The van der Waals surface area contributed by atoms with E-state index in [9.17, 15) is 26.3 Å². The molecule has 8 heteroatoms. The van der Waals surface area contributed by atoms with Gasteiger partial charge in [0.05, 0.1) is 11.1 Å². The minimum atomic E-state index is -4.80. The zero-order chi connectivity index (χ0) is 16.5. The van der Waals surface area contributed by atoms with Crippen LogP contribution in [-0.2, 0) is 18.8 Å². The third-order valence-electron chi connectivity index (χ3n) is 3.90. The van der Waals surface area contributed by atoms with Crippen LogP contribution in [0, 0.1) is 5.92 Å². The maximum atomic E-state index is 13.0. The van der Waals surface area contributed by atoms with E-state index in [1.54, 1.807) is 5.01 Å². The number of hydrogen-bond acceptors (Lipinski definition) is 2. The molecule has 124 valence electrons. The molecule has 1 saturated heterocycles. The van der Waals surface area contributed by atoms with Crippen LogP contribution >= 0.6 is 0 Å². The first-order valence-electron chi connectivity index (χ1n) is 6.84. The minimum Gasteiger partial charge on any atom is -0.269 e. The number of piperidine rings is 1. The van der Waals surface area contributed by atoms with E-state index in [2.05, 4.69) is 0 Å². The average molecular weight is 326 g/mol. The van der Waals surface area contributed by atoms with Crippen LogP contribution in [0.2, 0.25) is 0 Å². The second-order valence-electron chi connectivity index (χ2n) is 5.55. The number of hydrogen-bond donors (Lipinski definition) is 1. The van der Waals surface area contributed by atoms with Crippen molar-refractivity contribution in [3.8, 4) is 0 Å². The molecule has 2 rings (SSSR count). The zero-order valence-electron chi connectivity index (χ0n) is 11.6. The Hall–Kier alpha value is -1.28. The van der Waals surface area contributed by atoms with Crippen LogP contribution in [0.3, 0.4) is 0 Å². The second-order valence-corrected chi connectivity index (χ2v) is 5.55. The van der Waals surface area contributed by atoms with Gasteiger partial charge in [0.25, 0.3) is 0 Å². The summed E-state index contributed by atoms with van der Waals surface area (Å²) in [6, 6.07) is 1.86. The van der Waals surface area contributed by atoms with Gasteiger partial charge in [0, 0.05) is 13.1 Å². The van der Waals surface area contributed by atoms with Gasteiger partial charge in [-0.25, -0.2) is 5.01 Å². The van der Waals surface area contributed by atoms with Crippen molar-refractivity contribution in [2.75, 3.05) is 13.1 Å². The van der Waals surface area contributed by atoms with Crippen molar-refractivity contribution in [2.24, 2.45) is 11.8 Å². The summed E-state index contributed by atoms with van der Waals surface area (Å²) in [5.41, 5.74) is -2.56. The average Bonchev–Trinajstić information content (AvgIpc) is 2.39. The van der Waals surface area contributed by atoms with Gasteiger partial charge < -0.3 is 0 Å². The normalized spacial score (nSPS) is 18.7. The van der Waals surface area contributed by atoms with Gasteiger partial charge in [0.15, 0.2) is 0 Å². The molecule has 1 heterocycles. The van der Waals surface area contributed by atoms with E-state index < -0.39 is 23.5 Å². The maximum absolute atomic E-state index is 13.0. The number of nitrogens with two attached hydrogens (primary N) is 1. The van der Waals surface area contributed by atoms with Gasteiger partial charge in [-0.15, -0.1) is 0 Å². The topological polar surface area (TPSA) is 29.3 Å². The molecule has 0 atom stereocenters. The van der Waals surface area contributed by atoms with Crippen molar-refractivity contribution in [3.05, 3.63) is 34.9 Å². The molecule has 0 saturated carbocycles. The number of nitrogens with zero attached hydrogens (tertiary/aromatic N) is 1. The van der Waals surface area contributed by atoms with Gasteiger partial charge in [-0.3, -0.25) is 5.84 Å². The van der Waals surface area contributed by atoms with Crippen LogP contribution in [0.5, 0.6) is 0 Å². The third kappa shape index (κ3) is 4.13. The van der Waals surface area contributed by atoms with Crippen LogP contribution < -0.4 is 5.84 Å². The first-order chi connectivity index (χ1) is 10.1. The molecule has 0 unspecified atom stereocenters. The monoisotopic (exact) mass is 326 g/mol. The number of alkyl halides is 6. The molecule has 1 aliphatic heterocycles. The van der Waals surface area contributed by atoms with Crippen molar-refractivity contribution >= 4 is 0 Å². The van der Waals surface area contributed by atoms with Gasteiger partial charge in [0.1, 0.15) is 0 Å². The molecule has 1 fully saturated rings. The Morgan fingerprint density at radius 2 is 1.59 bits per heavy atom. The van der Waals surface area contributed by atoms with Crippen LogP contribution in [0.15, 0.2) is 18.2 Å². The van der Waals surface area contributed by atoms with E-state index in [4.69, 9.17) is 5.84 Å². The van der Waals surface area contributed by atoms with E-state index in [1.807, 2.05) is 0 Å². The highest BCUT2D eigenvalue weighted by molar-refractivity contribution is 5.36. The maximum Gasteiger partial charge on any atom is 0.416 e. The molecule has 0 amide bonds. The molecule has 0 spiro atoms. The van der Waals surface area contributed by atoms with Gasteiger partial charge in [0.2, 0.25) is 0 Å². The summed E-state index contributed by atoms with van der Waals surface area (Å²) >= 11 is 0. The number of hydrazine groups is 1. The Kier molecular flexibility index (Phi) is 4.72. The molecule has 0 aromatic heterocycles. The van der Waals surface area contributed by atoms with Crippen LogP contribution in [0.25, 0.3) is 0 Å². The minimum absolute atomic E-state index is 0.00219. The number of rotatable bonds is 2. The van der Waals surface area contributed by atoms with Gasteiger partial charge >= 0.3 is 12.4 Å². The highest BCUT2D eigenvalue weighted by Crippen LogP contribution is 2.38. The first-order valence-corrected chi connectivity index (χ1v) is 6.84. The highest BCUT2D eigenvalue weighted by Gasteiger charge is 2.38. The molecule has 0 bridgehead atoms. The summed E-state index contributed by atoms with van der Waals surface area (Å²) in [7, 11) is 0. The Morgan fingerprint density at radius 1 is 1.00 bits per heavy atom. The molecule has 1 aromatic rings. The van der Waals surface area contributed by atoms with Gasteiger partial charge in [-0.05, 0) is 42.9 Å². The fraction of sp³-hybridized carbons (Fsp3) is 0.571. The van der Waals surface area contributed by atoms with Crippen molar-refractivity contribution in [1.29, 1.82) is 0 Å². The Balaban J connectivity index is 2.27. The van der Waals surface area contributed by atoms with E-state index >= 15 is 0 Å². The summed E-state index contributed by atoms with van der Waals surface area (Å²) < 4.78 is 76.9. The molecular weight excluding hydrogens is 310 g/mol. The standard InChI is InChI=1S/C14H16F6N2/c15-13(16,17)11-2-1-10(12(8-11)14(18,19)20)7-9-3-5-22(21)6-4-9/h1-2,8-9H,3-7,21H2. The largest absolute Gasteiger partial charge is 0.416 e. The van der Waals surface area contributed by atoms with Gasteiger partial charge in [-0.2, -0.15) is 26.3 Å². The second kappa shape index (κ2) is 6.08. The zero-order valence-corrected chi connectivity index (χ0v) is 11.6. The van der Waals surface area contributed by atoms with E-state index in [0.29, 0.717) is 32.0 Å². The summed E-state index contributed by atoms with van der Waals surface area (Å²) in [4.78, 5) is 0. The van der Waals surface area contributed by atoms with Crippen molar-refractivity contribution < 1.29 is 26.3 Å². The third-order valence-corrected chi connectivity index (χ3v) is 3.90. The Labute approximate surface area is 123 Å². The van der Waals surface area contributed by atoms with Gasteiger partial charge in [-0.1, -0.05) is 6.07 Å². The molecule has 2 N–H and O–H groups in total. The molecule has 1 aromatic carbocycles. The smallest absolute Gasteiger partial charge is 0.269 e. The van der Waals surface area contributed by atoms with Crippen LogP contribution in [0.1, 0.15) is 29.5 Å². The van der Waals surface area contributed by atoms with Crippen LogP contribution in [0.4, 0.5) is 26.3 Å². The Morgan fingerprint density at radius 3 is 2.09 bits per heavy atom. The predicted octanol–water partition coefficient (Wildman–Crippen LogP) is 3.85. The predicted molar refractivity (Wildman–Crippen MR) is 68.6 cm³/mol. The Bertz CT molecular complexity index is 515. The molecular formula is C14H16F6N2. The van der Waals surface area contributed by atoms with E-state index in [1.165, 1.54) is 0 Å². The fourth-order valence-electron chi connectivity index (χ4n) is 2.66. The summed E-state index contributed by atoms with van der Waals surface area (Å²) in [6.45, 7) is 1.15. The number of benzene rings is 1. The van der Waals surface area contributed by atoms with Crippen molar-refractivity contribution in [3.63, 3.8) is 0 Å². The quantitative estimate of drug-likeness (QED) is 0.661. The van der Waals surface area contributed by atoms with E-state index in [-0.39, 0.29) is 24.0 Å². The molecule has 2 nitrogen and oxygen atoms in total. The lowest BCUT2D eigenvalue weighted by atomic mass is 9.88. The molecule has 0 radical (unpaired) electrons. The first kappa shape index (κ1) is 17.1. The summed E-state index contributed by atoms with van der Waals surface area (Å²) in [5, 5.41) is 1.59. The lowest BCUT2D eigenvalue weighted by Crippen LogP contribution is -2.39. The van der Waals surface area contributed by atoms with E-state index in [0.717, 1.165) is 6.07 Å². The van der Waals surface area contributed by atoms with Crippen LogP contribution in [-0.4, -0.2) is 18.1 Å². The number of halogens is 6. The molecule has 1 aliphatic rings. The summed E-state index contributed by atoms with van der Waals surface area (Å²) in [5.74, 6) is 5.58. The highest BCUT2D eigenvalue weighted by atomic mass is 19.4. The fourth-order valence-corrected chi connectivity index (χ4v) is 2.66. The van der Waals surface area contributed by atoms with Crippen molar-refractivity contribution in [1.82, 2.24) is 5.01 Å². The lowest BCUT2D eigenvalue weighted by Gasteiger charge is -2.29. The summed E-state index contributed by atoms with van der Waals surface area (Å²) in [6.07, 6.45) is -8.21. The molecule has 0 aliphatic carbocycles. The molecule has 22 heavy (non-hydrogen) atoms. The van der Waals surface area contributed by atoms with Crippen molar-refractivity contribution in [2.45, 2.75) is 31.6 Å². The lowest BCUT2D eigenvalue weighted by molar-refractivity contribution is -0.143.